The zero-order valence-corrected chi connectivity index (χ0v) is 13.3. The summed E-state index contributed by atoms with van der Waals surface area (Å²) in [5.74, 6) is 0.673. The molecular weight excluding hydrogens is 286 g/mol. The molecule has 0 fully saturated rings. The van der Waals surface area contributed by atoms with Crippen LogP contribution < -0.4 is 4.74 Å². The first-order chi connectivity index (χ1) is 11.2. The summed E-state index contributed by atoms with van der Waals surface area (Å²) >= 11 is 0. The Kier molecular flexibility index (Phi) is 4.29. The molecule has 3 aromatic carbocycles. The molecule has 0 spiro atoms. The highest BCUT2D eigenvalue weighted by molar-refractivity contribution is 5.94. The van der Waals surface area contributed by atoms with Crippen molar-refractivity contribution in [2.24, 2.45) is 0 Å². The number of hydrogen-bond acceptors (Lipinski definition) is 2. The highest BCUT2D eigenvalue weighted by Gasteiger charge is 2.13. The van der Waals surface area contributed by atoms with Crippen LogP contribution in [0.4, 0.5) is 0 Å². The molecule has 0 aliphatic heterocycles. The van der Waals surface area contributed by atoms with Crippen LogP contribution >= 0.6 is 0 Å². The summed E-state index contributed by atoms with van der Waals surface area (Å²) in [5, 5.41) is 2.39. The van der Waals surface area contributed by atoms with Crippen LogP contribution in [0.3, 0.4) is 0 Å². The van der Waals surface area contributed by atoms with E-state index >= 15 is 0 Å². The van der Waals surface area contributed by atoms with E-state index in [1.54, 1.807) is 18.1 Å². The maximum atomic E-state index is 12.6. The summed E-state index contributed by atoms with van der Waals surface area (Å²) in [6.45, 7) is 0.570. The number of methoxy groups -OCH3 is 1. The van der Waals surface area contributed by atoms with E-state index in [-0.39, 0.29) is 5.91 Å². The lowest BCUT2D eigenvalue weighted by Gasteiger charge is -2.18. The molecule has 23 heavy (non-hydrogen) atoms. The number of hydrogen-bond donors (Lipinski definition) is 0. The molecule has 0 heterocycles. The topological polar surface area (TPSA) is 29.5 Å². The average molecular weight is 305 g/mol. The molecule has 0 saturated carbocycles. The number of ether oxygens (including phenoxy) is 1. The van der Waals surface area contributed by atoms with Crippen LogP contribution in [0.1, 0.15) is 15.9 Å². The van der Waals surface area contributed by atoms with Gasteiger partial charge in [-0.15, -0.1) is 0 Å². The van der Waals surface area contributed by atoms with Crippen molar-refractivity contribution < 1.29 is 9.53 Å². The first kappa shape index (κ1) is 15.1. The Hall–Kier alpha value is -2.81. The fourth-order valence-corrected chi connectivity index (χ4v) is 2.66. The molecule has 0 unspecified atom stereocenters. The smallest absolute Gasteiger partial charge is 0.254 e. The minimum absolute atomic E-state index is 0.0166. The molecule has 3 rings (SSSR count). The standard InChI is InChI=1S/C20H19NO2/c1-21(20(22)18-8-5-9-19(13-18)23-2)14-15-10-11-16-6-3-4-7-17(16)12-15/h3-13H,14H2,1-2H3. The molecule has 3 aromatic rings. The predicted octanol–water partition coefficient (Wildman–Crippen LogP) is 4.12. The summed E-state index contributed by atoms with van der Waals surface area (Å²) in [6.07, 6.45) is 0. The first-order valence-corrected chi connectivity index (χ1v) is 7.54. The van der Waals surface area contributed by atoms with Crippen LogP contribution in [0, 0.1) is 0 Å². The molecule has 0 aliphatic carbocycles. The molecule has 1 amide bonds. The monoisotopic (exact) mass is 305 g/mol. The van der Waals surface area contributed by atoms with Crippen molar-refractivity contribution in [3.8, 4) is 5.75 Å². The minimum Gasteiger partial charge on any atom is -0.497 e. The van der Waals surface area contributed by atoms with Gasteiger partial charge in [0.2, 0.25) is 0 Å². The van der Waals surface area contributed by atoms with E-state index in [2.05, 4.69) is 30.3 Å². The van der Waals surface area contributed by atoms with Gasteiger partial charge < -0.3 is 9.64 Å². The summed E-state index contributed by atoms with van der Waals surface area (Å²) in [4.78, 5) is 14.3. The lowest BCUT2D eigenvalue weighted by atomic mass is 10.1. The van der Waals surface area contributed by atoms with Crippen molar-refractivity contribution in [3.05, 3.63) is 77.9 Å². The van der Waals surface area contributed by atoms with Crippen molar-refractivity contribution in [1.82, 2.24) is 4.90 Å². The van der Waals surface area contributed by atoms with Crippen LogP contribution in [0.15, 0.2) is 66.7 Å². The Morgan fingerprint density at radius 2 is 1.74 bits per heavy atom. The fourth-order valence-electron chi connectivity index (χ4n) is 2.66. The van der Waals surface area contributed by atoms with E-state index in [0.717, 1.165) is 5.56 Å². The number of carbonyl (C=O) groups is 1. The molecule has 0 saturated heterocycles. The second kappa shape index (κ2) is 6.53. The molecule has 0 atom stereocenters. The van der Waals surface area contributed by atoms with Gasteiger partial charge in [0.1, 0.15) is 5.75 Å². The Balaban J connectivity index is 1.79. The summed E-state index contributed by atoms with van der Waals surface area (Å²) in [5.41, 5.74) is 1.75. The first-order valence-electron chi connectivity index (χ1n) is 7.54. The third kappa shape index (κ3) is 3.34. The SMILES string of the molecule is COc1cccc(C(=O)N(C)Cc2ccc3ccccc3c2)c1. The minimum atomic E-state index is -0.0166. The van der Waals surface area contributed by atoms with Crippen molar-refractivity contribution in [2.75, 3.05) is 14.2 Å². The average Bonchev–Trinajstić information content (AvgIpc) is 2.61. The summed E-state index contributed by atoms with van der Waals surface area (Å²) in [7, 11) is 3.42. The zero-order chi connectivity index (χ0) is 16.2. The van der Waals surface area contributed by atoms with Crippen LogP contribution in [0.2, 0.25) is 0 Å². The van der Waals surface area contributed by atoms with Gasteiger partial charge in [0.25, 0.3) is 5.91 Å². The highest BCUT2D eigenvalue weighted by Crippen LogP contribution is 2.18. The second-order valence-corrected chi connectivity index (χ2v) is 5.57. The number of benzene rings is 3. The van der Waals surface area contributed by atoms with E-state index in [9.17, 15) is 4.79 Å². The van der Waals surface area contributed by atoms with Gasteiger partial charge in [-0.3, -0.25) is 4.79 Å². The van der Waals surface area contributed by atoms with Crippen LogP contribution in [0.25, 0.3) is 10.8 Å². The van der Waals surface area contributed by atoms with Gasteiger partial charge in [0.05, 0.1) is 7.11 Å². The molecule has 0 bridgehead atoms. The third-order valence-corrected chi connectivity index (χ3v) is 3.90. The van der Waals surface area contributed by atoms with E-state index in [1.807, 2.05) is 37.4 Å². The van der Waals surface area contributed by atoms with Crippen LogP contribution in [-0.4, -0.2) is 25.0 Å². The van der Waals surface area contributed by atoms with Gasteiger partial charge in [-0.25, -0.2) is 0 Å². The molecule has 0 aliphatic rings. The van der Waals surface area contributed by atoms with Crippen molar-refractivity contribution >= 4 is 16.7 Å². The Morgan fingerprint density at radius 3 is 2.52 bits per heavy atom. The van der Waals surface area contributed by atoms with Gasteiger partial charge in [0, 0.05) is 19.2 Å². The fraction of sp³-hybridized carbons (Fsp3) is 0.150. The molecule has 116 valence electrons. The Morgan fingerprint density at radius 1 is 0.957 bits per heavy atom. The van der Waals surface area contributed by atoms with Gasteiger partial charge in [-0.05, 0) is 40.6 Å². The maximum Gasteiger partial charge on any atom is 0.254 e. The van der Waals surface area contributed by atoms with E-state index in [4.69, 9.17) is 4.74 Å². The number of amides is 1. The quantitative estimate of drug-likeness (QED) is 0.725. The zero-order valence-electron chi connectivity index (χ0n) is 13.3. The number of carbonyl (C=O) groups excluding carboxylic acids is 1. The lowest BCUT2D eigenvalue weighted by Crippen LogP contribution is -2.26. The molecule has 0 N–H and O–H groups in total. The lowest BCUT2D eigenvalue weighted by molar-refractivity contribution is 0.0785. The molecule has 0 radical (unpaired) electrons. The van der Waals surface area contributed by atoms with E-state index < -0.39 is 0 Å². The molecule has 0 aromatic heterocycles. The summed E-state index contributed by atoms with van der Waals surface area (Å²) in [6, 6.07) is 21.7. The highest BCUT2D eigenvalue weighted by atomic mass is 16.5. The van der Waals surface area contributed by atoms with Crippen molar-refractivity contribution in [1.29, 1.82) is 0 Å². The van der Waals surface area contributed by atoms with Gasteiger partial charge in [-0.1, -0.05) is 42.5 Å². The van der Waals surface area contributed by atoms with Gasteiger partial charge >= 0.3 is 0 Å². The van der Waals surface area contributed by atoms with Crippen molar-refractivity contribution in [3.63, 3.8) is 0 Å². The van der Waals surface area contributed by atoms with Gasteiger partial charge in [-0.2, -0.15) is 0 Å². The summed E-state index contributed by atoms with van der Waals surface area (Å²) < 4.78 is 5.18. The molecular formula is C20H19NO2. The maximum absolute atomic E-state index is 12.6. The number of rotatable bonds is 4. The van der Waals surface area contributed by atoms with Gasteiger partial charge in [0.15, 0.2) is 0 Å². The van der Waals surface area contributed by atoms with Crippen LogP contribution in [0.5, 0.6) is 5.75 Å². The molecule has 3 nitrogen and oxygen atoms in total. The van der Waals surface area contributed by atoms with E-state index in [0.29, 0.717) is 17.9 Å². The molecule has 3 heteroatoms. The number of fused-ring (bicyclic) bond motifs is 1. The normalized spacial score (nSPS) is 10.5. The number of nitrogens with zero attached hydrogens (tertiary/aromatic N) is 1. The van der Waals surface area contributed by atoms with Crippen LogP contribution in [-0.2, 0) is 6.54 Å². The van der Waals surface area contributed by atoms with Crippen molar-refractivity contribution in [2.45, 2.75) is 6.54 Å². The van der Waals surface area contributed by atoms with E-state index in [1.165, 1.54) is 10.8 Å². The Bertz CT molecular complexity index is 842. The third-order valence-electron chi connectivity index (χ3n) is 3.90. The Labute approximate surface area is 136 Å². The second-order valence-electron chi connectivity index (χ2n) is 5.57. The predicted molar refractivity (Wildman–Crippen MR) is 92.7 cm³/mol. The largest absolute Gasteiger partial charge is 0.497 e.